The summed E-state index contributed by atoms with van der Waals surface area (Å²) in [6, 6.07) is 1.11. The minimum Gasteiger partial charge on any atom is -0.466 e. The van der Waals surface area contributed by atoms with E-state index in [1.807, 2.05) is 0 Å². The van der Waals surface area contributed by atoms with Crippen molar-refractivity contribution in [1.82, 2.24) is 9.78 Å². The first-order chi connectivity index (χ1) is 13.5. The summed E-state index contributed by atoms with van der Waals surface area (Å²) in [4.78, 5) is 33.8. The summed E-state index contributed by atoms with van der Waals surface area (Å²) in [6.07, 6.45) is -4.76. The van der Waals surface area contributed by atoms with Gasteiger partial charge in [0.05, 0.1) is 27.1 Å². The van der Waals surface area contributed by atoms with E-state index in [0.29, 0.717) is 16.8 Å². The van der Waals surface area contributed by atoms with Crippen molar-refractivity contribution >= 4 is 46.6 Å². The lowest BCUT2D eigenvalue weighted by Gasteiger charge is -2.14. The number of benzene rings is 1. The average Bonchev–Trinajstić information content (AvgIpc) is 2.96. The van der Waals surface area contributed by atoms with Gasteiger partial charge in [0.25, 0.3) is 0 Å². The molecule has 0 bridgehead atoms. The quantitative estimate of drug-likeness (QED) is 0.305. The summed E-state index contributed by atoms with van der Waals surface area (Å²) in [5.74, 6) is -2.41. The topological polar surface area (TPSA) is 116 Å². The molecule has 1 aromatic heterocycles. The van der Waals surface area contributed by atoms with Gasteiger partial charge in [-0.05, 0) is 19.1 Å². The molecule has 2 rings (SSSR count). The van der Waals surface area contributed by atoms with E-state index in [4.69, 9.17) is 23.2 Å². The van der Waals surface area contributed by atoms with Crippen LogP contribution in [0.25, 0.3) is 5.69 Å². The molecular weight excluding hydrogens is 444 g/mol. The predicted molar refractivity (Wildman–Crippen MR) is 95.1 cm³/mol. The van der Waals surface area contributed by atoms with Crippen LogP contribution in [0.5, 0.6) is 0 Å². The summed E-state index contributed by atoms with van der Waals surface area (Å²) in [7, 11) is 0. The number of hydrogen-bond acceptors (Lipinski definition) is 6. The smallest absolute Gasteiger partial charge is 0.416 e. The Morgan fingerprint density at radius 1 is 1.31 bits per heavy atom. The van der Waals surface area contributed by atoms with Crippen LogP contribution in [-0.2, 0) is 20.5 Å². The largest absolute Gasteiger partial charge is 0.466 e. The fourth-order valence-corrected chi connectivity index (χ4v) is 2.86. The molecule has 0 aliphatic carbocycles. The molecule has 156 valence electrons. The molecule has 1 aromatic carbocycles. The van der Waals surface area contributed by atoms with E-state index in [9.17, 15) is 32.9 Å². The Labute approximate surface area is 170 Å². The van der Waals surface area contributed by atoms with Crippen LogP contribution < -0.4 is 5.32 Å². The Kier molecular flexibility index (Phi) is 6.69. The van der Waals surface area contributed by atoms with Crippen LogP contribution in [0.1, 0.15) is 18.9 Å². The van der Waals surface area contributed by atoms with E-state index >= 15 is 0 Å². The van der Waals surface area contributed by atoms with Crippen molar-refractivity contribution in [3.8, 4) is 5.69 Å². The molecule has 0 fully saturated rings. The highest BCUT2D eigenvalue weighted by atomic mass is 35.5. The van der Waals surface area contributed by atoms with Crippen molar-refractivity contribution in [3.63, 3.8) is 0 Å². The molecule has 0 radical (unpaired) electrons. The number of carbonyl (C=O) groups excluding carboxylic acids is 2. The summed E-state index contributed by atoms with van der Waals surface area (Å²) in [5.41, 5.74) is -2.18. The zero-order valence-corrected chi connectivity index (χ0v) is 15.9. The number of nitrogens with one attached hydrogen (secondary N) is 1. The summed E-state index contributed by atoms with van der Waals surface area (Å²) >= 11 is 11.8. The zero-order valence-electron chi connectivity index (χ0n) is 14.4. The van der Waals surface area contributed by atoms with Crippen molar-refractivity contribution in [3.05, 3.63) is 44.1 Å². The molecule has 0 saturated heterocycles. The lowest BCUT2D eigenvalue weighted by atomic mass is 10.2. The van der Waals surface area contributed by atoms with E-state index in [0.717, 1.165) is 6.20 Å². The number of amides is 1. The van der Waals surface area contributed by atoms with Crippen LogP contribution in [0.4, 0.5) is 24.7 Å². The lowest BCUT2D eigenvalue weighted by molar-refractivity contribution is -0.384. The van der Waals surface area contributed by atoms with Crippen molar-refractivity contribution < 1.29 is 32.4 Å². The van der Waals surface area contributed by atoms with Gasteiger partial charge in [0.15, 0.2) is 0 Å². The maximum atomic E-state index is 12.9. The van der Waals surface area contributed by atoms with E-state index in [2.05, 4.69) is 15.2 Å². The first kappa shape index (κ1) is 22.4. The molecular formula is C15H11Cl2F3N4O5. The monoisotopic (exact) mass is 454 g/mol. The normalized spacial score (nSPS) is 11.2. The fourth-order valence-electron chi connectivity index (χ4n) is 2.21. The molecule has 0 spiro atoms. The van der Waals surface area contributed by atoms with Crippen LogP contribution >= 0.6 is 23.2 Å². The standard InChI is InChI=1S/C15H11Cl2F3N4O5/c1-2-29-12(26)5-11(25)22-14-10(24(27)28)6-21-23(14)13-8(16)3-7(4-9(13)17)15(18,19)20/h3-4,6H,2,5H2,1H3,(H,22,25). The van der Waals surface area contributed by atoms with Crippen molar-refractivity contribution in [2.24, 2.45) is 0 Å². The zero-order chi connectivity index (χ0) is 21.9. The molecule has 2 aromatic rings. The fraction of sp³-hybridized carbons (Fsp3) is 0.267. The van der Waals surface area contributed by atoms with E-state index < -0.39 is 56.5 Å². The molecule has 9 nitrogen and oxygen atoms in total. The van der Waals surface area contributed by atoms with Crippen LogP contribution in [0.3, 0.4) is 0 Å². The maximum absolute atomic E-state index is 12.9. The molecule has 1 amide bonds. The number of nitro groups is 1. The SMILES string of the molecule is CCOC(=O)CC(=O)Nc1c([N+](=O)[O-])cnn1-c1c(Cl)cc(C(F)(F)F)cc1Cl. The highest BCUT2D eigenvalue weighted by Crippen LogP contribution is 2.39. The van der Waals surface area contributed by atoms with Crippen molar-refractivity contribution in [2.75, 3.05) is 11.9 Å². The Hall–Kier alpha value is -2.86. The first-order valence-corrected chi connectivity index (χ1v) is 8.45. The Balaban J connectivity index is 2.51. The van der Waals surface area contributed by atoms with E-state index in [1.165, 1.54) is 6.92 Å². The van der Waals surface area contributed by atoms with Gasteiger partial charge in [-0.1, -0.05) is 23.2 Å². The number of ether oxygens (including phenoxy) is 1. The van der Waals surface area contributed by atoms with Gasteiger partial charge < -0.3 is 10.1 Å². The van der Waals surface area contributed by atoms with Crippen LogP contribution in [0, 0.1) is 10.1 Å². The van der Waals surface area contributed by atoms with E-state index in [1.54, 1.807) is 0 Å². The van der Waals surface area contributed by atoms with Gasteiger partial charge >= 0.3 is 17.8 Å². The molecule has 14 heteroatoms. The number of alkyl halides is 3. The summed E-state index contributed by atoms with van der Waals surface area (Å²) in [5, 5.41) is 16.0. The minimum atomic E-state index is -4.74. The number of carbonyl (C=O) groups is 2. The third-order valence-electron chi connectivity index (χ3n) is 3.37. The maximum Gasteiger partial charge on any atom is 0.416 e. The minimum absolute atomic E-state index is 0.0148. The van der Waals surface area contributed by atoms with Crippen molar-refractivity contribution in [1.29, 1.82) is 0 Å². The lowest BCUT2D eigenvalue weighted by Crippen LogP contribution is -2.20. The molecule has 0 atom stereocenters. The molecule has 1 heterocycles. The number of nitrogens with zero attached hydrogens (tertiary/aromatic N) is 3. The molecule has 0 aliphatic rings. The van der Waals surface area contributed by atoms with Crippen LogP contribution in [0.2, 0.25) is 10.0 Å². The number of halogens is 5. The van der Waals surface area contributed by atoms with Gasteiger partial charge in [-0.15, -0.1) is 0 Å². The van der Waals surface area contributed by atoms with Gasteiger partial charge in [0, 0.05) is 0 Å². The Morgan fingerprint density at radius 3 is 2.38 bits per heavy atom. The second kappa shape index (κ2) is 8.66. The number of anilines is 1. The van der Waals surface area contributed by atoms with Crippen LogP contribution in [0.15, 0.2) is 18.3 Å². The Bertz CT molecular complexity index is 954. The highest BCUT2D eigenvalue weighted by molar-refractivity contribution is 6.38. The number of esters is 1. The van der Waals surface area contributed by atoms with Gasteiger partial charge in [-0.25, -0.2) is 4.68 Å². The molecule has 0 aliphatic heterocycles. The van der Waals surface area contributed by atoms with E-state index in [-0.39, 0.29) is 12.3 Å². The second-order valence-corrected chi connectivity index (χ2v) is 6.18. The van der Waals surface area contributed by atoms with Gasteiger partial charge in [-0.2, -0.15) is 18.3 Å². The number of hydrogen-bond donors (Lipinski definition) is 1. The van der Waals surface area contributed by atoms with Crippen molar-refractivity contribution in [2.45, 2.75) is 19.5 Å². The molecule has 0 unspecified atom stereocenters. The molecule has 29 heavy (non-hydrogen) atoms. The predicted octanol–water partition coefficient (Wildman–Crippen LogP) is 4.00. The Morgan fingerprint density at radius 2 is 1.90 bits per heavy atom. The number of rotatable bonds is 6. The summed E-state index contributed by atoms with van der Waals surface area (Å²) in [6.45, 7) is 1.53. The summed E-state index contributed by atoms with van der Waals surface area (Å²) < 4.78 is 44.0. The molecule has 1 N–H and O–H groups in total. The van der Waals surface area contributed by atoms with Crippen LogP contribution in [-0.4, -0.2) is 33.2 Å². The van der Waals surface area contributed by atoms with Gasteiger partial charge in [0.1, 0.15) is 18.3 Å². The third kappa shape index (κ3) is 5.15. The number of aromatic nitrogens is 2. The second-order valence-electron chi connectivity index (χ2n) is 5.36. The first-order valence-electron chi connectivity index (χ1n) is 7.70. The molecule has 0 saturated carbocycles. The average molecular weight is 455 g/mol. The van der Waals surface area contributed by atoms with Gasteiger partial charge in [-0.3, -0.25) is 19.7 Å². The highest BCUT2D eigenvalue weighted by Gasteiger charge is 2.33. The third-order valence-corrected chi connectivity index (χ3v) is 3.95. The van der Waals surface area contributed by atoms with Gasteiger partial charge in [0.2, 0.25) is 11.7 Å².